The third kappa shape index (κ3) is 5.36. The van der Waals surface area contributed by atoms with Crippen LogP contribution in [0, 0.1) is 6.92 Å². The molecule has 0 bridgehead atoms. The van der Waals surface area contributed by atoms with Crippen LogP contribution in [0.3, 0.4) is 0 Å². The number of furan rings is 1. The topological polar surface area (TPSA) is 42.7 Å². The lowest BCUT2D eigenvalue weighted by Gasteiger charge is -2.11. The van der Waals surface area contributed by atoms with Gasteiger partial charge in [-0.25, -0.2) is 4.79 Å². The van der Waals surface area contributed by atoms with Crippen molar-refractivity contribution >= 4 is 5.97 Å². The van der Waals surface area contributed by atoms with Gasteiger partial charge in [-0.3, -0.25) is 4.90 Å². The predicted molar refractivity (Wildman–Crippen MR) is 65.6 cm³/mol. The molecular formula is C13H19NO3. The molecule has 0 saturated carbocycles. The number of hydrogen-bond acceptors (Lipinski definition) is 4. The van der Waals surface area contributed by atoms with Crippen LogP contribution in [0.15, 0.2) is 28.7 Å². The van der Waals surface area contributed by atoms with E-state index in [9.17, 15) is 4.79 Å². The van der Waals surface area contributed by atoms with Crippen molar-refractivity contribution < 1.29 is 13.9 Å². The van der Waals surface area contributed by atoms with Crippen molar-refractivity contribution in [3.8, 4) is 0 Å². The highest BCUT2D eigenvalue weighted by Crippen LogP contribution is 2.08. The molecule has 0 unspecified atom stereocenters. The van der Waals surface area contributed by atoms with Gasteiger partial charge in [0.25, 0.3) is 0 Å². The number of ether oxygens (including phenoxy) is 1. The summed E-state index contributed by atoms with van der Waals surface area (Å²) in [7, 11) is 1.97. The first-order valence-electron chi connectivity index (χ1n) is 5.69. The van der Waals surface area contributed by atoms with Crippen LogP contribution in [0.2, 0.25) is 0 Å². The predicted octanol–water partition coefficient (Wildman–Crippen LogP) is 2.14. The minimum atomic E-state index is -0.297. The molecule has 0 aromatic carbocycles. The maximum Gasteiger partial charge on any atom is 0.330 e. The largest absolute Gasteiger partial charge is 0.465 e. The van der Waals surface area contributed by atoms with Crippen LogP contribution in [0.5, 0.6) is 0 Å². The minimum absolute atomic E-state index is 0.297. The van der Waals surface area contributed by atoms with E-state index in [4.69, 9.17) is 9.15 Å². The second-order valence-electron chi connectivity index (χ2n) is 3.86. The van der Waals surface area contributed by atoms with Gasteiger partial charge in [0.05, 0.1) is 13.2 Å². The van der Waals surface area contributed by atoms with Crippen molar-refractivity contribution in [2.24, 2.45) is 0 Å². The quantitative estimate of drug-likeness (QED) is 0.561. The van der Waals surface area contributed by atoms with E-state index >= 15 is 0 Å². The van der Waals surface area contributed by atoms with Crippen LogP contribution in [-0.2, 0) is 16.1 Å². The molecule has 0 radical (unpaired) electrons. The fourth-order valence-corrected chi connectivity index (χ4v) is 1.42. The summed E-state index contributed by atoms with van der Waals surface area (Å²) in [5, 5.41) is 0. The Hall–Kier alpha value is -1.55. The molecule has 4 heteroatoms. The van der Waals surface area contributed by atoms with E-state index in [0.29, 0.717) is 13.2 Å². The van der Waals surface area contributed by atoms with E-state index < -0.39 is 0 Å². The molecular weight excluding hydrogens is 218 g/mol. The Morgan fingerprint density at radius 2 is 2.29 bits per heavy atom. The summed E-state index contributed by atoms with van der Waals surface area (Å²) in [4.78, 5) is 13.1. The maximum absolute atomic E-state index is 11.0. The molecule has 0 aliphatic carbocycles. The molecule has 1 aromatic rings. The van der Waals surface area contributed by atoms with Crippen molar-refractivity contribution in [1.29, 1.82) is 0 Å². The second kappa shape index (κ2) is 6.91. The lowest BCUT2D eigenvalue weighted by molar-refractivity contribution is -0.137. The number of aryl methyl sites for hydroxylation is 1. The lowest BCUT2D eigenvalue weighted by atomic mass is 10.4. The molecule has 1 rings (SSSR count). The van der Waals surface area contributed by atoms with Crippen LogP contribution in [0.4, 0.5) is 0 Å². The zero-order valence-electron chi connectivity index (χ0n) is 10.6. The number of carbonyl (C=O) groups excluding carboxylic acids is 1. The summed E-state index contributed by atoms with van der Waals surface area (Å²) < 4.78 is 10.2. The standard InChI is InChI=1S/C13H19NO3/c1-4-16-13(15)6-5-9-14(3)10-12-8-7-11(2)17-12/h5-8H,4,9-10H2,1-3H3/b6-5+. The highest BCUT2D eigenvalue weighted by atomic mass is 16.5. The first kappa shape index (κ1) is 13.5. The monoisotopic (exact) mass is 237 g/mol. The molecule has 94 valence electrons. The van der Waals surface area contributed by atoms with Gasteiger partial charge in [0, 0.05) is 12.6 Å². The molecule has 0 spiro atoms. The first-order valence-corrected chi connectivity index (χ1v) is 5.69. The summed E-state index contributed by atoms with van der Waals surface area (Å²) >= 11 is 0. The molecule has 0 aliphatic heterocycles. The first-order chi connectivity index (χ1) is 8.11. The average Bonchev–Trinajstić information content (AvgIpc) is 2.64. The van der Waals surface area contributed by atoms with E-state index in [-0.39, 0.29) is 5.97 Å². The van der Waals surface area contributed by atoms with Gasteiger partial charge < -0.3 is 9.15 Å². The van der Waals surface area contributed by atoms with Crippen molar-refractivity contribution in [2.75, 3.05) is 20.2 Å². The van der Waals surface area contributed by atoms with Gasteiger partial charge in [0.15, 0.2) is 0 Å². The van der Waals surface area contributed by atoms with Gasteiger partial charge in [0.1, 0.15) is 11.5 Å². The molecule has 0 aliphatic rings. The SMILES string of the molecule is CCOC(=O)/C=C/CN(C)Cc1ccc(C)o1. The summed E-state index contributed by atoms with van der Waals surface area (Å²) in [6.45, 7) is 5.52. The van der Waals surface area contributed by atoms with Gasteiger partial charge >= 0.3 is 5.97 Å². The number of hydrogen-bond donors (Lipinski definition) is 0. The maximum atomic E-state index is 11.0. The van der Waals surface area contributed by atoms with Gasteiger partial charge in [-0.05, 0) is 33.0 Å². The Balaban J connectivity index is 2.30. The Morgan fingerprint density at radius 3 is 2.88 bits per heavy atom. The van der Waals surface area contributed by atoms with Crippen LogP contribution in [-0.4, -0.2) is 31.1 Å². The van der Waals surface area contributed by atoms with E-state index in [1.807, 2.05) is 31.0 Å². The minimum Gasteiger partial charge on any atom is -0.465 e. The Labute approximate surface area is 102 Å². The third-order valence-corrected chi connectivity index (χ3v) is 2.18. The smallest absolute Gasteiger partial charge is 0.330 e. The fraction of sp³-hybridized carbons (Fsp3) is 0.462. The molecule has 0 saturated heterocycles. The molecule has 1 heterocycles. The number of likely N-dealkylation sites (N-methyl/N-ethyl adjacent to an activating group) is 1. The molecule has 1 aromatic heterocycles. The molecule has 0 atom stereocenters. The molecule has 0 fully saturated rings. The summed E-state index contributed by atoms with van der Waals surface area (Å²) in [5.41, 5.74) is 0. The van der Waals surface area contributed by atoms with E-state index in [0.717, 1.165) is 18.1 Å². The Kier molecular flexibility index (Phi) is 5.49. The Morgan fingerprint density at radius 1 is 1.53 bits per heavy atom. The van der Waals surface area contributed by atoms with Gasteiger partial charge in [-0.2, -0.15) is 0 Å². The van der Waals surface area contributed by atoms with E-state index in [2.05, 4.69) is 0 Å². The molecule has 4 nitrogen and oxygen atoms in total. The zero-order valence-corrected chi connectivity index (χ0v) is 10.6. The second-order valence-corrected chi connectivity index (χ2v) is 3.86. The zero-order chi connectivity index (χ0) is 12.7. The molecule has 0 amide bonds. The normalized spacial score (nSPS) is 11.3. The fourth-order valence-electron chi connectivity index (χ4n) is 1.42. The van der Waals surface area contributed by atoms with Crippen molar-refractivity contribution in [1.82, 2.24) is 4.90 Å². The number of carbonyl (C=O) groups is 1. The molecule has 17 heavy (non-hydrogen) atoms. The van der Waals surface area contributed by atoms with Crippen LogP contribution >= 0.6 is 0 Å². The lowest BCUT2D eigenvalue weighted by Crippen LogP contribution is -2.17. The Bertz CT molecular complexity index is 382. The van der Waals surface area contributed by atoms with Crippen molar-refractivity contribution in [3.05, 3.63) is 35.8 Å². The highest BCUT2D eigenvalue weighted by molar-refractivity contribution is 5.81. The summed E-state index contributed by atoms with van der Waals surface area (Å²) in [5.74, 6) is 1.54. The highest BCUT2D eigenvalue weighted by Gasteiger charge is 2.02. The van der Waals surface area contributed by atoms with Crippen LogP contribution in [0.1, 0.15) is 18.4 Å². The van der Waals surface area contributed by atoms with Crippen molar-refractivity contribution in [3.63, 3.8) is 0 Å². The van der Waals surface area contributed by atoms with Gasteiger partial charge in [-0.1, -0.05) is 6.08 Å². The third-order valence-electron chi connectivity index (χ3n) is 2.18. The molecule has 0 N–H and O–H groups in total. The van der Waals surface area contributed by atoms with Gasteiger partial charge in [0.2, 0.25) is 0 Å². The number of nitrogens with zero attached hydrogens (tertiary/aromatic N) is 1. The van der Waals surface area contributed by atoms with E-state index in [1.54, 1.807) is 13.0 Å². The van der Waals surface area contributed by atoms with Crippen LogP contribution in [0.25, 0.3) is 0 Å². The summed E-state index contributed by atoms with van der Waals surface area (Å²) in [6.07, 6.45) is 3.24. The number of esters is 1. The number of rotatable bonds is 6. The average molecular weight is 237 g/mol. The van der Waals surface area contributed by atoms with E-state index in [1.165, 1.54) is 6.08 Å². The van der Waals surface area contributed by atoms with Gasteiger partial charge in [-0.15, -0.1) is 0 Å². The van der Waals surface area contributed by atoms with Crippen LogP contribution < -0.4 is 0 Å². The summed E-state index contributed by atoms with van der Waals surface area (Å²) in [6, 6.07) is 3.90. The van der Waals surface area contributed by atoms with Crippen molar-refractivity contribution in [2.45, 2.75) is 20.4 Å².